The van der Waals surface area contributed by atoms with Gasteiger partial charge in [-0.1, -0.05) is 0 Å². The van der Waals surface area contributed by atoms with E-state index < -0.39 is 25.8 Å². The molecule has 0 bridgehead atoms. The van der Waals surface area contributed by atoms with E-state index in [4.69, 9.17) is 0 Å². The van der Waals surface area contributed by atoms with Gasteiger partial charge in [0.15, 0.2) is 0 Å². The predicted molar refractivity (Wildman–Crippen MR) is 126 cm³/mol. The first kappa shape index (κ1) is 41.6. The fourth-order valence-corrected chi connectivity index (χ4v) is 7.10. The summed E-state index contributed by atoms with van der Waals surface area (Å²) in [5.74, 6) is 1.49. The van der Waals surface area contributed by atoms with Gasteiger partial charge in [0.25, 0.3) is 0 Å². The zero-order valence-electron chi connectivity index (χ0n) is 20.0. The molecule has 0 saturated heterocycles. The van der Waals surface area contributed by atoms with Crippen LogP contribution in [0.5, 0.6) is 0 Å². The van der Waals surface area contributed by atoms with Crippen molar-refractivity contribution in [3.8, 4) is 0 Å². The van der Waals surface area contributed by atoms with E-state index in [0.29, 0.717) is 15.8 Å². The fourth-order valence-electron chi connectivity index (χ4n) is 1.24. The van der Waals surface area contributed by atoms with Crippen LogP contribution < -0.4 is 0 Å². The SMILES string of the molecule is COP(OC)OC.COP(OC)OC.COP(OC)OC.CP(C)CP(C)C.[Fe]. The Morgan fingerprint density at radius 1 is 0.379 bits per heavy atom. The average Bonchev–Trinajstić information content (AvgIpc) is 2.66. The Balaban J connectivity index is -0.0000000873. The molecule has 0 N–H and O–H groups in total. The van der Waals surface area contributed by atoms with Crippen molar-refractivity contribution in [2.24, 2.45) is 0 Å². The Morgan fingerprint density at radius 3 is 0.517 bits per heavy atom. The molecule has 0 aliphatic heterocycles. The Bertz CT molecular complexity index is 213. The van der Waals surface area contributed by atoms with Crippen molar-refractivity contribution in [2.45, 2.75) is 0 Å². The van der Waals surface area contributed by atoms with Gasteiger partial charge in [-0.05, 0) is 32.6 Å². The van der Waals surface area contributed by atoms with Gasteiger partial charge in [-0.3, -0.25) is 0 Å². The summed E-state index contributed by atoms with van der Waals surface area (Å²) in [6.07, 6.45) is 0. The molecule has 0 aromatic heterocycles. The summed E-state index contributed by atoms with van der Waals surface area (Å²) in [7, 11) is 11.5. The number of hydrogen-bond acceptors (Lipinski definition) is 9. The summed E-state index contributed by atoms with van der Waals surface area (Å²) in [4.78, 5) is 0. The predicted octanol–water partition coefficient (Wildman–Crippen LogP) is 5.88. The normalized spacial score (nSPS) is 10.1. The first-order valence-electron chi connectivity index (χ1n) is 7.74. The average molecular weight is 564 g/mol. The van der Waals surface area contributed by atoms with Crippen LogP contribution in [0.1, 0.15) is 0 Å². The third kappa shape index (κ3) is 41.1. The molecular weight excluding hydrogens is 523 g/mol. The van der Waals surface area contributed by atoms with Crippen LogP contribution in [0.2, 0.25) is 0 Å². The first-order chi connectivity index (χ1) is 13.2. The van der Waals surface area contributed by atoms with Gasteiger partial charge in [-0.15, -0.1) is 15.8 Å². The monoisotopic (exact) mass is 564 g/mol. The molecule has 0 saturated carbocycles. The molecule has 0 rings (SSSR count). The second-order valence-corrected chi connectivity index (χ2v) is 14.7. The third-order valence-electron chi connectivity index (χ3n) is 1.91. The minimum Gasteiger partial charge on any atom is -0.316 e. The van der Waals surface area contributed by atoms with Crippen molar-refractivity contribution in [1.82, 2.24) is 0 Å². The topological polar surface area (TPSA) is 83.1 Å². The summed E-state index contributed by atoms with van der Waals surface area (Å²) in [6, 6.07) is 0. The zero-order valence-corrected chi connectivity index (χ0v) is 25.5. The molecule has 29 heavy (non-hydrogen) atoms. The smallest absolute Gasteiger partial charge is 0.316 e. The van der Waals surface area contributed by atoms with Crippen molar-refractivity contribution in [2.75, 3.05) is 96.6 Å². The van der Waals surface area contributed by atoms with E-state index in [2.05, 4.69) is 67.4 Å². The van der Waals surface area contributed by atoms with Gasteiger partial charge in [0.1, 0.15) is 0 Å². The summed E-state index contributed by atoms with van der Waals surface area (Å²) in [5.41, 5.74) is 0. The largest absolute Gasteiger partial charge is 0.331 e. The van der Waals surface area contributed by atoms with Crippen LogP contribution in [0.15, 0.2) is 0 Å². The van der Waals surface area contributed by atoms with Crippen LogP contribution in [0, 0.1) is 0 Å². The van der Waals surface area contributed by atoms with E-state index in [1.165, 1.54) is 5.90 Å². The Labute approximate surface area is 195 Å². The molecule has 0 aromatic carbocycles. The molecule has 0 atom stereocenters. The van der Waals surface area contributed by atoms with Crippen molar-refractivity contribution < 1.29 is 57.8 Å². The molecule has 0 fully saturated rings. The van der Waals surface area contributed by atoms with Crippen LogP contribution in [0.25, 0.3) is 0 Å². The maximum absolute atomic E-state index is 4.67. The van der Waals surface area contributed by atoms with E-state index in [-0.39, 0.29) is 17.1 Å². The minimum atomic E-state index is -1.05. The molecule has 0 radical (unpaired) electrons. The fraction of sp³-hybridized carbons (Fsp3) is 1.00. The molecule has 0 heterocycles. The summed E-state index contributed by atoms with van der Waals surface area (Å²) in [5, 5.41) is 0. The standard InChI is InChI=1S/C5H14P2.3C3H9O3P.Fe/c1-6(2)5-7(3)4;3*1-4-7(5-2)6-3;/h5H2,1-4H3;3*1-3H3;. The molecule has 0 aliphatic rings. The van der Waals surface area contributed by atoms with Crippen LogP contribution in [0.4, 0.5) is 0 Å². The summed E-state index contributed by atoms with van der Waals surface area (Å²) in [6.45, 7) is 9.38. The molecule has 0 spiro atoms. The van der Waals surface area contributed by atoms with Crippen LogP contribution in [0.3, 0.4) is 0 Å². The molecular formula is C14H41FeO9P5. The van der Waals surface area contributed by atoms with Gasteiger partial charge in [-0.2, -0.15) is 0 Å². The molecule has 0 aromatic rings. The maximum atomic E-state index is 4.67. The molecule has 0 amide bonds. The Kier molecular flexibility index (Phi) is 50.0. The number of rotatable bonds is 11. The van der Waals surface area contributed by atoms with E-state index in [9.17, 15) is 0 Å². The quantitative estimate of drug-likeness (QED) is 0.226. The summed E-state index contributed by atoms with van der Waals surface area (Å²) < 4.78 is 42.0. The van der Waals surface area contributed by atoms with E-state index >= 15 is 0 Å². The van der Waals surface area contributed by atoms with Gasteiger partial charge < -0.3 is 40.7 Å². The van der Waals surface area contributed by atoms with Gasteiger partial charge in [-0.25, -0.2) is 0 Å². The zero-order chi connectivity index (χ0) is 23.0. The van der Waals surface area contributed by atoms with Gasteiger partial charge in [0, 0.05) is 81.1 Å². The third-order valence-corrected chi connectivity index (χ3v) is 9.12. The van der Waals surface area contributed by atoms with Crippen LogP contribution in [-0.4, -0.2) is 96.6 Å². The molecule has 184 valence electrons. The van der Waals surface area contributed by atoms with E-state index in [1.54, 1.807) is 64.0 Å². The maximum Gasteiger partial charge on any atom is 0.331 e. The van der Waals surface area contributed by atoms with E-state index in [1.807, 2.05) is 0 Å². The van der Waals surface area contributed by atoms with Gasteiger partial charge in [0.2, 0.25) is 0 Å². The molecule has 15 heteroatoms. The van der Waals surface area contributed by atoms with E-state index in [0.717, 1.165) is 0 Å². The van der Waals surface area contributed by atoms with Crippen LogP contribution >= 0.6 is 41.7 Å². The number of hydrogen-bond donors (Lipinski definition) is 0. The van der Waals surface area contributed by atoms with Crippen molar-refractivity contribution >= 4 is 41.7 Å². The summed E-state index contributed by atoms with van der Waals surface area (Å²) >= 11 is 0. The molecule has 0 unspecified atom stereocenters. The van der Waals surface area contributed by atoms with Crippen molar-refractivity contribution in [1.29, 1.82) is 0 Å². The minimum absolute atomic E-state index is 0. The second-order valence-electron chi connectivity index (χ2n) is 4.61. The first-order valence-corrected chi connectivity index (χ1v) is 15.9. The van der Waals surface area contributed by atoms with Gasteiger partial charge >= 0.3 is 25.8 Å². The Morgan fingerprint density at radius 2 is 0.517 bits per heavy atom. The molecule has 9 nitrogen and oxygen atoms in total. The van der Waals surface area contributed by atoms with Crippen molar-refractivity contribution in [3.63, 3.8) is 0 Å². The molecule has 0 aliphatic carbocycles. The van der Waals surface area contributed by atoms with Gasteiger partial charge in [0.05, 0.1) is 0 Å². The van der Waals surface area contributed by atoms with Crippen molar-refractivity contribution in [3.05, 3.63) is 0 Å². The Hall–Kier alpha value is 2.31. The second kappa shape index (κ2) is 34.9. The van der Waals surface area contributed by atoms with Crippen LogP contribution in [-0.2, 0) is 57.8 Å².